The lowest BCUT2D eigenvalue weighted by Gasteiger charge is -2.17. The van der Waals surface area contributed by atoms with Crippen LogP contribution < -0.4 is 0 Å². The molecule has 4 aromatic heterocycles. The lowest BCUT2D eigenvalue weighted by Crippen LogP contribution is -2.05. The summed E-state index contributed by atoms with van der Waals surface area (Å²) in [5.74, 6) is 0. The Morgan fingerprint density at radius 3 is 1.39 bits per heavy atom. The van der Waals surface area contributed by atoms with E-state index in [1.807, 2.05) is 60.7 Å². The maximum atomic E-state index is 9.92. The van der Waals surface area contributed by atoms with Gasteiger partial charge in [-0.3, -0.25) is 9.97 Å². The van der Waals surface area contributed by atoms with E-state index in [0.717, 1.165) is 55.2 Å². The smallest absolute Gasteiger partial charge is 0.101 e. The Hall–Kier alpha value is -5.46. The van der Waals surface area contributed by atoms with Gasteiger partial charge in [-0.15, -0.1) is 0 Å². The molecule has 166 valence electrons. The molecule has 6 nitrogen and oxygen atoms in total. The van der Waals surface area contributed by atoms with Crippen molar-refractivity contribution in [1.29, 1.82) is 10.5 Å². The third-order valence-electron chi connectivity index (χ3n) is 6.69. The molecule has 0 N–H and O–H groups in total. The van der Waals surface area contributed by atoms with Gasteiger partial charge in [0.1, 0.15) is 12.1 Å². The van der Waals surface area contributed by atoms with Gasteiger partial charge in [0, 0.05) is 23.2 Å². The minimum Gasteiger partial charge on any atom is -0.305 e. The molecule has 4 heterocycles. The summed E-state index contributed by atoms with van der Waals surface area (Å²) in [6.45, 7) is 0. The fourth-order valence-corrected chi connectivity index (χ4v) is 5.21. The van der Waals surface area contributed by atoms with E-state index in [9.17, 15) is 10.5 Å². The molecule has 3 aromatic carbocycles. The quantitative estimate of drug-likeness (QED) is 0.298. The molecule has 0 aliphatic rings. The second-order valence-electron chi connectivity index (χ2n) is 8.56. The highest BCUT2D eigenvalue weighted by atomic mass is 15.1. The highest BCUT2D eigenvalue weighted by Crippen LogP contribution is 2.37. The van der Waals surface area contributed by atoms with Gasteiger partial charge in [-0.2, -0.15) is 10.5 Å². The summed E-state index contributed by atoms with van der Waals surface area (Å²) in [7, 11) is 0. The van der Waals surface area contributed by atoms with E-state index in [2.05, 4.69) is 55.5 Å². The van der Waals surface area contributed by atoms with E-state index in [0.29, 0.717) is 11.1 Å². The Kier molecular flexibility index (Phi) is 4.17. The van der Waals surface area contributed by atoms with Crippen LogP contribution in [0.15, 0.2) is 97.3 Å². The molecule has 0 spiro atoms. The molecule has 0 atom stereocenters. The molecule has 0 unspecified atom stereocenters. The summed E-state index contributed by atoms with van der Waals surface area (Å²) < 4.78 is 4.26. The Morgan fingerprint density at radius 1 is 0.528 bits per heavy atom. The van der Waals surface area contributed by atoms with Crippen molar-refractivity contribution in [2.45, 2.75) is 0 Å². The van der Waals surface area contributed by atoms with Gasteiger partial charge in [0.05, 0.1) is 55.6 Å². The average molecular weight is 461 g/mol. The first-order valence-electron chi connectivity index (χ1n) is 11.5. The van der Waals surface area contributed by atoms with E-state index >= 15 is 0 Å². The number of nitrogens with zero attached hydrogens (tertiary/aromatic N) is 6. The second kappa shape index (κ2) is 7.53. The molecule has 0 fully saturated rings. The average Bonchev–Trinajstić information content (AvgIpc) is 3.45. The van der Waals surface area contributed by atoms with Crippen molar-refractivity contribution in [3.05, 3.63) is 108 Å². The Balaban J connectivity index is 1.72. The lowest BCUT2D eigenvalue weighted by molar-refractivity contribution is 1.09. The molecule has 0 aliphatic carbocycles. The largest absolute Gasteiger partial charge is 0.305 e. The zero-order valence-electron chi connectivity index (χ0n) is 18.9. The Bertz CT molecular complexity index is 1820. The van der Waals surface area contributed by atoms with E-state index in [1.165, 1.54) is 0 Å². The second-order valence-corrected chi connectivity index (χ2v) is 8.56. The number of para-hydroxylation sites is 2. The van der Waals surface area contributed by atoms with Crippen molar-refractivity contribution in [3.8, 4) is 23.5 Å². The van der Waals surface area contributed by atoms with Crippen molar-refractivity contribution in [2.75, 3.05) is 0 Å². The molecule has 7 rings (SSSR count). The van der Waals surface area contributed by atoms with Gasteiger partial charge in [0.25, 0.3) is 0 Å². The number of hydrogen-bond donors (Lipinski definition) is 0. The van der Waals surface area contributed by atoms with Crippen LogP contribution >= 0.6 is 0 Å². The number of hydrogen-bond acceptors (Lipinski definition) is 4. The highest BCUT2D eigenvalue weighted by molar-refractivity contribution is 6.09. The van der Waals surface area contributed by atoms with E-state index in [-0.39, 0.29) is 0 Å². The van der Waals surface area contributed by atoms with Gasteiger partial charge < -0.3 is 9.13 Å². The topological polar surface area (TPSA) is 83.2 Å². The fraction of sp³-hybridized carbons (Fsp3) is 0. The van der Waals surface area contributed by atoms with Crippen LogP contribution in [0.2, 0.25) is 0 Å². The van der Waals surface area contributed by atoms with Gasteiger partial charge in [0.15, 0.2) is 0 Å². The van der Waals surface area contributed by atoms with Crippen LogP contribution in [0.5, 0.6) is 0 Å². The van der Waals surface area contributed by atoms with Crippen LogP contribution in [0.25, 0.3) is 55.2 Å². The van der Waals surface area contributed by atoms with E-state index < -0.39 is 0 Å². The molecule has 0 amide bonds. The molecular weight excluding hydrogens is 444 g/mol. The summed E-state index contributed by atoms with van der Waals surface area (Å²) in [6.07, 6.45) is 3.58. The van der Waals surface area contributed by atoms with Crippen molar-refractivity contribution >= 4 is 43.9 Å². The van der Waals surface area contributed by atoms with E-state index in [4.69, 9.17) is 0 Å². The number of benzene rings is 3. The maximum absolute atomic E-state index is 9.92. The molecule has 0 radical (unpaired) electrons. The van der Waals surface area contributed by atoms with Gasteiger partial charge in [-0.1, -0.05) is 36.4 Å². The molecule has 0 bridgehead atoms. The lowest BCUT2D eigenvalue weighted by atomic mass is 10.1. The van der Waals surface area contributed by atoms with Gasteiger partial charge in [-0.05, 0) is 48.5 Å². The zero-order chi connectivity index (χ0) is 24.2. The van der Waals surface area contributed by atoms with Crippen LogP contribution in [0.4, 0.5) is 0 Å². The summed E-state index contributed by atoms with van der Waals surface area (Å²) in [5.41, 5.74) is 7.78. The molecule has 0 saturated carbocycles. The number of fused-ring (bicyclic) bond motifs is 6. The SMILES string of the molecule is N#Cc1cc(-n2c3ccccc3c3ncccc32)c(-n2c3ccccc3c3ncccc32)cc1C#N. The predicted molar refractivity (Wildman–Crippen MR) is 140 cm³/mol. The summed E-state index contributed by atoms with van der Waals surface area (Å²) >= 11 is 0. The molecule has 7 aromatic rings. The predicted octanol–water partition coefficient (Wildman–Crippen LogP) is 6.41. The molecular formula is C30H16N6. The molecule has 0 aliphatic heterocycles. The van der Waals surface area contributed by atoms with Crippen LogP contribution in [-0.4, -0.2) is 19.1 Å². The van der Waals surface area contributed by atoms with Gasteiger partial charge in [-0.25, -0.2) is 0 Å². The standard InChI is InChI=1S/C30H16N6/c31-17-19-15-27(35-23-9-3-1-7-21(23)29-25(35)11-5-13-33-29)28(16-20(19)18-32)36-24-10-4-2-8-22(24)30-26(36)12-6-14-34-30/h1-16H. The third kappa shape index (κ3) is 2.64. The Labute approximate surface area is 205 Å². The normalized spacial score (nSPS) is 11.3. The van der Waals surface area contributed by atoms with Crippen LogP contribution in [-0.2, 0) is 0 Å². The third-order valence-corrected chi connectivity index (χ3v) is 6.69. The molecule has 0 saturated heterocycles. The first-order chi connectivity index (χ1) is 17.8. The number of rotatable bonds is 2. The van der Waals surface area contributed by atoms with Crippen LogP contribution in [0.3, 0.4) is 0 Å². The monoisotopic (exact) mass is 460 g/mol. The molecule has 36 heavy (non-hydrogen) atoms. The highest BCUT2D eigenvalue weighted by Gasteiger charge is 2.21. The van der Waals surface area contributed by atoms with Crippen LogP contribution in [0.1, 0.15) is 11.1 Å². The van der Waals surface area contributed by atoms with Crippen molar-refractivity contribution in [1.82, 2.24) is 19.1 Å². The summed E-state index contributed by atoms with van der Waals surface area (Å²) in [5, 5.41) is 21.9. The van der Waals surface area contributed by atoms with Crippen LogP contribution in [0, 0.1) is 22.7 Å². The van der Waals surface area contributed by atoms with E-state index in [1.54, 1.807) is 12.4 Å². The van der Waals surface area contributed by atoms with Gasteiger partial charge >= 0.3 is 0 Å². The fourth-order valence-electron chi connectivity index (χ4n) is 5.21. The minimum absolute atomic E-state index is 0.324. The summed E-state index contributed by atoms with van der Waals surface area (Å²) in [4.78, 5) is 9.34. The number of pyridine rings is 2. The van der Waals surface area contributed by atoms with Crippen molar-refractivity contribution in [3.63, 3.8) is 0 Å². The first-order valence-corrected chi connectivity index (χ1v) is 11.5. The first kappa shape index (κ1) is 20.0. The number of aromatic nitrogens is 4. The minimum atomic E-state index is 0.324. The zero-order valence-corrected chi connectivity index (χ0v) is 18.9. The van der Waals surface area contributed by atoms with Crippen molar-refractivity contribution in [2.24, 2.45) is 0 Å². The summed E-state index contributed by atoms with van der Waals surface area (Å²) in [6, 6.07) is 32.2. The Morgan fingerprint density at radius 2 is 0.944 bits per heavy atom. The maximum Gasteiger partial charge on any atom is 0.101 e. The van der Waals surface area contributed by atoms with Crippen molar-refractivity contribution < 1.29 is 0 Å². The molecule has 6 heteroatoms. The van der Waals surface area contributed by atoms with Gasteiger partial charge in [0.2, 0.25) is 0 Å². The number of nitriles is 2.